The van der Waals surface area contributed by atoms with Gasteiger partial charge < -0.3 is 30.1 Å². The van der Waals surface area contributed by atoms with Gasteiger partial charge in [-0.05, 0) is 67.9 Å². The Morgan fingerprint density at radius 3 is 2.57 bits per heavy atom. The molecule has 1 fully saturated rings. The van der Waals surface area contributed by atoms with Crippen molar-refractivity contribution in [2.75, 3.05) is 37.5 Å². The molecule has 220 valence electrons. The first-order valence-corrected chi connectivity index (χ1v) is 13.5. The molecule has 8 nitrogen and oxygen atoms in total. The first-order chi connectivity index (χ1) is 20.1. The summed E-state index contributed by atoms with van der Waals surface area (Å²) in [6, 6.07) is 15.8. The number of methoxy groups -OCH3 is 1. The third-order valence-corrected chi connectivity index (χ3v) is 7.32. The molecule has 1 aromatic heterocycles. The Kier molecular flexibility index (Phi) is 8.39. The average molecular weight is 581 g/mol. The summed E-state index contributed by atoms with van der Waals surface area (Å²) in [5.74, 6) is 0.636. The van der Waals surface area contributed by atoms with Crippen LogP contribution in [-0.2, 0) is 17.4 Å². The fourth-order valence-electron chi connectivity index (χ4n) is 5.15. The Balaban J connectivity index is 1.29. The SMILES string of the molecule is CNC1CCN(c2ccc(NC(=O)Cc3cccc(Oc4ccnc5cc(OC)c(O)cc45)c3)cc2C(F)(F)F)CC1. The molecule has 3 aromatic carbocycles. The summed E-state index contributed by atoms with van der Waals surface area (Å²) < 4.78 is 53.2. The summed E-state index contributed by atoms with van der Waals surface area (Å²) in [5, 5.41) is 16.6. The predicted octanol–water partition coefficient (Wildman–Crippen LogP) is 6.13. The number of aromatic hydroxyl groups is 1. The predicted molar refractivity (Wildman–Crippen MR) is 155 cm³/mol. The minimum absolute atomic E-state index is 0.0617. The third-order valence-electron chi connectivity index (χ3n) is 7.32. The number of nitrogens with zero attached hydrogens (tertiary/aromatic N) is 2. The molecule has 1 amide bonds. The first kappa shape index (κ1) is 29.0. The van der Waals surface area contributed by atoms with Gasteiger partial charge in [0.15, 0.2) is 11.5 Å². The molecule has 11 heteroatoms. The molecule has 42 heavy (non-hydrogen) atoms. The van der Waals surface area contributed by atoms with E-state index in [0.29, 0.717) is 47.1 Å². The monoisotopic (exact) mass is 580 g/mol. The van der Waals surface area contributed by atoms with E-state index in [1.165, 1.54) is 25.3 Å². The largest absolute Gasteiger partial charge is 0.504 e. The molecule has 0 spiro atoms. The molecular weight excluding hydrogens is 549 g/mol. The van der Waals surface area contributed by atoms with Crippen LogP contribution in [0.3, 0.4) is 0 Å². The molecule has 0 atom stereocenters. The van der Waals surface area contributed by atoms with Crippen LogP contribution in [0.5, 0.6) is 23.0 Å². The maximum absolute atomic E-state index is 14.0. The Morgan fingerprint density at radius 1 is 1.07 bits per heavy atom. The molecule has 2 heterocycles. The number of ether oxygens (including phenoxy) is 2. The Hall–Kier alpha value is -4.51. The summed E-state index contributed by atoms with van der Waals surface area (Å²) in [7, 11) is 3.30. The highest BCUT2D eigenvalue weighted by Gasteiger charge is 2.36. The van der Waals surface area contributed by atoms with Crippen molar-refractivity contribution < 1.29 is 32.5 Å². The van der Waals surface area contributed by atoms with E-state index in [9.17, 15) is 23.1 Å². The summed E-state index contributed by atoms with van der Waals surface area (Å²) >= 11 is 0. The molecule has 4 aromatic rings. The molecule has 0 unspecified atom stereocenters. The van der Waals surface area contributed by atoms with Crippen LogP contribution in [0.15, 0.2) is 66.9 Å². The van der Waals surface area contributed by atoms with Crippen molar-refractivity contribution in [2.24, 2.45) is 0 Å². The van der Waals surface area contributed by atoms with Crippen LogP contribution in [0, 0.1) is 0 Å². The van der Waals surface area contributed by atoms with Gasteiger partial charge >= 0.3 is 6.18 Å². The number of hydrogen-bond acceptors (Lipinski definition) is 7. The lowest BCUT2D eigenvalue weighted by Crippen LogP contribution is -2.41. The molecule has 1 saturated heterocycles. The molecule has 1 aliphatic rings. The van der Waals surface area contributed by atoms with Crippen molar-refractivity contribution in [1.29, 1.82) is 0 Å². The van der Waals surface area contributed by atoms with Gasteiger partial charge in [0.05, 0.1) is 24.6 Å². The second-order valence-electron chi connectivity index (χ2n) is 10.1. The highest BCUT2D eigenvalue weighted by atomic mass is 19.4. The maximum atomic E-state index is 14.0. The molecule has 5 rings (SSSR count). The second-order valence-corrected chi connectivity index (χ2v) is 10.1. The number of halogens is 3. The zero-order valence-corrected chi connectivity index (χ0v) is 23.2. The highest BCUT2D eigenvalue weighted by molar-refractivity contribution is 5.93. The molecule has 0 radical (unpaired) electrons. The first-order valence-electron chi connectivity index (χ1n) is 13.5. The van der Waals surface area contributed by atoms with E-state index in [-0.39, 0.29) is 29.3 Å². The van der Waals surface area contributed by atoms with Crippen molar-refractivity contribution in [3.8, 4) is 23.0 Å². The van der Waals surface area contributed by atoms with Crippen molar-refractivity contribution >= 4 is 28.2 Å². The molecule has 0 bridgehead atoms. The number of piperidine rings is 1. The molecular formula is C31H31F3N4O4. The van der Waals surface area contributed by atoms with Gasteiger partial charge in [-0.25, -0.2) is 0 Å². The van der Waals surface area contributed by atoms with Crippen LogP contribution >= 0.6 is 0 Å². The van der Waals surface area contributed by atoms with Crippen LogP contribution < -0.4 is 25.0 Å². The van der Waals surface area contributed by atoms with Crippen molar-refractivity contribution in [3.63, 3.8) is 0 Å². The van der Waals surface area contributed by atoms with E-state index in [4.69, 9.17) is 9.47 Å². The van der Waals surface area contributed by atoms with Crippen LogP contribution in [0.2, 0.25) is 0 Å². The summed E-state index contributed by atoms with van der Waals surface area (Å²) in [4.78, 5) is 18.9. The van der Waals surface area contributed by atoms with Gasteiger partial charge in [0.1, 0.15) is 11.5 Å². The number of alkyl halides is 3. The van der Waals surface area contributed by atoms with Crippen LogP contribution in [0.25, 0.3) is 10.9 Å². The highest BCUT2D eigenvalue weighted by Crippen LogP contribution is 2.39. The number of carbonyl (C=O) groups excluding carboxylic acids is 1. The lowest BCUT2D eigenvalue weighted by atomic mass is 10.0. The van der Waals surface area contributed by atoms with Gasteiger partial charge in [-0.1, -0.05) is 12.1 Å². The smallest absolute Gasteiger partial charge is 0.418 e. The van der Waals surface area contributed by atoms with Gasteiger partial charge in [-0.3, -0.25) is 9.78 Å². The molecule has 0 aliphatic carbocycles. The maximum Gasteiger partial charge on any atom is 0.418 e. The van der Waals surface area contributed by atoms with Gasteiger partial charge in [0.25, 0.3) is 0 Å². The quantitative estimate of drug-likeness (QED) is 0.231. The number of anilines is 2. The topological polar surface area (TPSA) is 96.0 Å². The Labute approximate surface area is 241 Å². The summed E-state index contributed by atoms with van der Waals surface area (Å²) in [6.45, 7) is 1.03. The number of aromatic nitrogens is 1. The van der Waals surface area contributed by atoms with E-state index in [1.54, 1.807) is 47.5 Å². The number of carbonyl (C=O) groups is 1. The zero-order chi connectivity index (χ0) is 29.9. The zero-order valence-electron chi connectivity index (χ0n) is 23.2. The Bertz CT molecular complexity index is 1590. The Morgan fingerprint density at radius 2 is 1.86 bits per heavy atom. The number of rotatable bonds is 8. The minimum atomic E-state index is -4.57. The standard InChI is InChI=1S/C31H31F3N4O4/c1-35-20-9-12-38(13-10-20)26-7-6-21(16-24(26)31(32,33)34)37-30(40)15-19-4-3-5-22(14-19)42-28-8-11-36-25-18-29(41-2)27(39)17-23(25)28/h3-8,11,14,16-18,20,35,39H,9-10,12-13,15H2,1-2H3,(H,37,40). The van der Waals surface area contributed by atoms with Gasteiger partial charge in [0, 0.05) is 48.2 Å². The number of phenolic OH excluding ortho intramolecular Hbond substituents is 1. The van der Waals surface area contributed by atoms with Crippen molar-refractivity contribution in [2.45, 2.75) is 31.5 Å². The van der Waals surface area contributed by atoms with E-state index in [2.05, 4.69) is 15.6 Å². The average Bonchev–Trinajstić information content (AvgIpc) is 2.97. The van der Waals surface area contributed by atoms with Crippen molar-refractivity contribution in [1.82, 2.24) is 10.3 Å². The summed E-state index contributed by atoms with van der Waals surface area (Å²) in [6.07, 6.45) is -1.57. The van der Waals surface area contributed by atoms with E-state index >= 15 is 0 Å². The number of phenols is 1. The fraction of sp³-hybridized carbons (Fsp3) is 0.290. The molecule has 3 N–H and O–H groups in total. The van der Waals surface area contributed by atoms with Crippen LogP contribution in [-0.4, -0.2) is 49.3 Å². The summed E-state index contributed by atoms with van der Waals surface area (Å²) in [5.41, 5.74) is 0.589. The third kappa shape index (κ3) is 6.52. The minimum Gasteiger partial charge on any atom is -0.504 e. The second kappa shape index (κ2) is 12.2. The number of pyridine rings is 1. The lowest BCUT2D eigenvalue weighted by molar-refractivity contribution is -0.137. The fourth-order valence-corrected chi connectivity index (χ4v) is 5.15. The van der Waals surface area contributed by atoms with Crippen LogP contribution in [0.4, 0.5) is 24.5 Å². The van der Waals surface area contributed by atoms with Gasteiger partial charge in [-0.15, -0.1) is 0 Å². The van der Waals surface area contributed by atoms with Gasteiger partial charge in [0.2, 0.25) is 5.91 Å². The number of benzene rings is 3. The molecule has 0 saturated carbocycles. The normalized spacial score (nSPS) is 14.2. The number of fused-ring (bicyclic) bond motifs is 1. The molecule has 1 aliphatic heterocycles. The van der Waals surface area contributed by atoms with Crippen molar-refractivity contribution in [3.05, 3.63) is 78.0 Å². The van der Waals surface area contributed by atoms with Crippen LogP contribution in [0.1, 0.15) is 24.0 Å². The number of amides is 1. The van der Waals surface area contributed by atoms with Gasteiger partial charge in [-0.2, -0.15) is 13.2 Å². The lowest BCUT2D eigenvalue weighted by Gasteiger charge is -2.35. The number of nitrogens with one attached hydrogen (secondary N) is 2. The van der Waals surface area contributed by atoms with E-state index in [0.717, 1.165) is 18.9 Å². The van der Waals surface area contributed by atoms with E-state index in [1.807, 2.05) is 7.05 Å². The number of hydrogen-bond donors (Lipinski definition) is 3. The van der Waals surface area contributed by atoms with E-state index < -0.39 is 17.6 Å².